The highest BCUT2D eigenvalue weighted by atomic mass is 35.5. The zero-order chi connectivity index (χ0) is 25.0. The molecule has 3 aromatic carbocycles. The van der Waals surface area contributed by atoms with E-state index in [2.05, 4.69) is 4.90 Å². The molecular formula is C26H25ClF4N2OS. The molecule has 1 heterocycles. The fourth-order valence-electron chi connectivity index (χ4n) is 3.95. The first-order chi connectivity index (χ1) is 16.7. The van der Waals surface area contributed by atoms with Crippen LogP contribution in [-0.4, -0.2) is 43.0 Å². The molecule has 1 aliphatic rings. The summed E-state index contributed by atoms with van der Waals surface area (Å²) in [5.74, 6) is 0.0366. The number of alkyl halides is 3. The largest absolute Gasteiger partial charge is 0.457 e. The molecule has 0 radical (unpaired) electrons. The van der Waals surface area contributed by atoms with Crippen molar-refractivity contribution in [3.8, 4) is 11.5 Å². The minimum absolute atomic E-state index is 0.360. The number of aryl methyl sites for hydroxylation is 1. The van der Waals surface area contributed by atoms with E-state index in [9.17, 15) is 17.6 Å². The SMILES string of the molecule is Cc1cc(F)c(N2CCN(Cc3cccc(Oc4ccc(Cl)cc4)c3)CC2)cc1SCC(F)(F)F. The first kappa shape index (κ1) is 25.7. The van der Waals surface area contributed by atoms with Gasteiger partial charge in [0.25, 0.3) is 0 Å². The predicted octanol–water partition coefficient (Wildman–Crippen LogP) is 7.56. The molecule has 1 fully saturated rings. The number of piperazine rings is 1. The van der Waals surface area contributed by atoms with Gasteiger partial charge in [-0.2, -0.15) is 13.2 Å². The van der Waals surface area contributed by atoms with Gasteiger partial charge in [0.1, 0.15) is 17.3 Å². The van der Waals surface area contributed by atoms with Crippen LogP contribution in [0.2, 0.25) is 5.02 Å². The maximum Gasteiger partial charge on any atom is 0.398 e. The molecular weight excluding hydrogens is 500 g/mol. The van der Waals surface area contributed by atoms with Crippen LogP contribution in [0.25, 0.3) is 0 Å². The second-order valence-electron chi connectivity index (χ2n) is 8.44. The first-order valence-corrected chi connectivity index (χ1v) is 12.5. The third-order valence-corrected chi connectivity index (χ3v) is 7.18. The lowest BCUT2D eigenvalue weighted by Gasteiger charge is -2.36. The van der Waals surface area contributed by atoms with Gasteiger partial charge in [0.05, 0.1) is 11.4 Å². The van der Waals surface area contributed by atoms with Crippen molar-refractivity contribution in [3.63, 3.8) is 0 Å². The quantitative estimate of drug-likeness (QED) is 0.234. The van der Waals surface area contributed by atoms with Gasteiger partial charge in [-0.3, -0.25) is 4.90 Å². The molecule has 0 atom stereocenters. The summed E-state index contributed by atoms with van der Waals surface area (Å²) >= 11 is 6.62. The number of hydrogen-bond acceptors (Lipinski definition) is 4. The highest BCUT2D eigenvalue weighted by Crippen LogP contribution is 2.34. The van der Waals surface area contributed by atoms with Crippen molar-refractivity contribution < 1.29 is 22.3 Å². The molecule has 186 valence electrons. The Morgan fingerprint density at radius 3 is 2.34 bits per heavy atom. The Morgan fingerprint density at radius 1 is 0.943 bits per heavy atom. The van der Waals surface area contributed by atoms with E-state index in [1.54, 1.807) is 25.1 Å². The Hall–Kier alpha value is -2.42. The standard InChI is InChI=1S/C26H25ClF4N2OS/c1-18-13-23(28)24(15-25(18)35-17-26(29,30)31)33-11-9-32(10-12-33)16-19-3-2-4-22(14-19)34-21-7-5-20(27)6-8-21/h2-8,13-15H,9-12,16-17H2,1H3. The second kappa shape index (κ2) is 11.1. The van der Waals surface area contributed by atoms with Gasteiger partial charge >= 0.3 is 6.18 Å². The van der Waals surface area contributed by atoms with Gasteiger partial charge in [0.2, 0.25) is 0 Å². The number of hydrogen-bond donors (Lipinski definition) is 0. The van der Waals surface area contributed by atoms with E-state index in [1.807, 2.05) is 41.3 Å². The van der Waals surface area contributed by atoms with Crippen LogP contribution in [-0.2, 0) is 6.54 Å². The predicted molar refractivity (Wildman–Crippen MR) is 133 cm³/mol. The Kier molecular flexibility index (Phi) is 8.14. The summed E-state index contributed by atoms with van der Waals surface area (Å²) in [5, 5.41) is 0.645. The van der Waals surface area contributed by atoms with E-state index in [-0.39, 0.29) is 0 Å². The van der Waals surface area contributed by atoms with E-state index in [4.69, 9.17) is 16.3 Å². The Morgan fingerprint density at radius 2 is 1.66 bits per heavy atom. The van der Waals surface area contributed by atoms with Crippen LogP contribution >= 0.6 is 23.4 Å². The van der Waals surface area contributed by atoms with Gasteiger partial charge in [-0.25, -0.2) is 4.39 Å². The lowest BCUT2D eigenvalue weighted by atomic mass is 10.1. The van der Waals surface area contributed by atoms with Crippen LogP contribution in [0.3, 0.4) is 0 Å². The summed E-state index contributed by atoms with van der Waals surface area (Å²) in [4.78, 5) is 4.63. The van der Waals surface area contributed by atoms with E-state index in [0.717, 1.165) is 11.3 Å². The fourth-order valence-corrected chi connectivity index (χ4v) is 4.88. The first-order valence-electron chi connectivity index (χ1n) is 11.2. The summed E-state index contributed by atoms with van der Waals surface area (Å²) in [6, 6.07) is 17.9. The van der Waals surface area contributed by atoms with Crippen molar-refractivity contribution in [2.75, 3.05) is 36.8 Å². The highest BCUT2D eigenvalue weighted by molar-refractivity contribution is 7.99. The average Bonchev–Trinajstić information content (AvgIpc) is 2.80. The third kappa shape index (κ3) is 7.29. The maximum atomic E-state index is 14.7. The minimum atomic E-state index is -4.27. The van der Waals surface area contributed by atoms with E-state index < -0.39 is 17.7 Å². The smallest absolute Gasteiger partial charge is 0.398 e. The second-order valence-corrected chi connectivity index (χ2v) is 9.89. The summed E-state index contributed by atoms with van der Waals surface area (Å²) in [6.45, 7) is 4.94. The van der Waals surface area contributed by atoms with Crippen molar-refractivity contribution in [3.05, 3.63) is 82.6 Å². The van der Waals surface area contributed by atoms with Crippen molar-refractivity contribution >= 4 is 29.1 Å². The van der Waals surface area contributed by atoms with Crippen LogP contribution < -0.4 is 9.64 Å². The molecule has 0 amide bonds. The normalized spacial score (nSPS) is 14.9. The molecule has 3 aromatic rings. The van der Waals surface area contributed by atoms with Gasteiger partial charge in [-0.15, -0.1) is 11.8 Å². The van der Waals surface area contributed by atoms with Gasteiger partial charge < -0.3 is 9.64 Å². The van der Waals surface area contributed by atoms with Crippen molar-refractivity contribution in [1.82, 2.24) is 4.90 Å². The van der Waals surface area contributed by atoms with Crippen LogP contribution in [0, 0.1) is 12.7 Å². The van der Waals surface area contributed by atoms with Crippen LogP contribution in [0.1, 0.15) is 11.1 Å². The summed E-state index contributed by atoms with van der Waals surface area (Å²) in [7, 11) is 0. The maximum absolute atomic E-state index is 14.7. The third-order valence-electron chi connectivity index (χ3n) is 5.70. The average molecular weight is 525 g/mol. The molecule has 0 saturated carbocycles. The van der Waals surface area contributed by atoms with Gasteiger partial charge in [0, 0.05) is 42.6 Å². The molecule has 0 aliphatic carbocycles. The number of anilines is 1. The summed E-state index contributed by atoms with van der Waals surface area (Å²) in [6.07, 6.45) is -4.27. The van der Waals surface area contributed by atoms with Crippen LogP contribution in [0.15, 0.2) is 65.6 Å². The molecule has 3 nitrogen and oxygen atoms in total. The molecule has 0 bridgehead atoms. The zero-order valence-corrected chi connectivity index (χ0v) is 20.7. The fraction of sp³-hybridized carbons (Fsp3) is 0.308. The molecule has 9 heteroatoms. The topological polar surface area (TPSA) is 15.7 Å². The monoisotopic (exact) mass is 524 g/mol. The van der Waals surface area contributed by atoms with E-state index >= 15 is 0 Å². The molecule has 0 unspecified atom stereocenters. The van der Waals surface area contributed by atoms with Gasteiger partial charge in [0.15, 0.2) is 0 Å². The number of halogens is 5. The summed E-state index contributed by atoms with van der Waals surface area (Å²) < 4.78 is 58.5. The molecule has 35 heavy (non-hydrogen) atoms. The molecule has 0 N–H and O–H groups in total. The molecule has 0 spiro atoms. The Labute approximate surface area is 211 Å². The van der Waals surface area contributed by atoms with Crippen molar-refractivity contribution in [2.24, 2.45) is 0 Å². The molecule has 0 aromatic heterocycles. The lowest BCUT2D eigenvalue weighted by molar-refractivity contribution is -0.105. The lowest BCUT2D eigenvalue weighted by Crippen LogP contribution is -2.46. The van der Waals surface area contributed by atoms with Crippen LogP contribution in [0.4, 0.5) is 23.2 Å². The molecule has 4 rings (SSSR count). The van der Waals surface area contributed by atoms with Crippen molar-refractivity contribution in [1.29, 1.82) is 0 Å². The van der Waals surface area contributed by atoms with Gasteiger partial charge in [-0.05, 0) is 66.6 Å². The van der Waals surface area contributed by atoms with Crippen LogP contribution in [0.5, 0.6) is 11.5 Å². The number of ether oxygens (including phenoxy) is 1. The van der Waals surface area contributed by atoms with Gasteiger partial charge in [-0.1, -0.05) is 23.7 Å². The molecule has 1 saturated heterocycles. The zero-order valence-electron chi connectivity index (χ0n) is 19.1. The van der Waals surface area contributed by atoms with E-state index in [1.165, 1.54) is 6.07 Å². The minimum Gasteiger partial charge on any atom is -0.457 e. The Balaban J connectivity index is 1.36. The Bertz CT molecular complexity index is 1150. The number of nitrogens with zero attached hydrogens (tertiary/aromatic N) is 2. The number of benzene rings is 3. The highest BCUT2D eigenvalue weighted by Gasteiger charge is 2.28. The number of rotatable bonds is 7. The molecule has 1 aliphatic heterocycles. The van der Waals surface area contributed by atoms with Crippen molar-refractivity contribution in [2.45, 2.75) is 24.5 Å². The summed E-state index contributed by atoms with van der Waals surface area (Å²) in [5.41, 5.74) is 1.97. The number of thioether (sulfide) groups is 1. The van der Waals surface area contributed by atoms with E-state index in [0.29, 0.717) is 71.4 Å².